The number of hydrogen-bond acceptors (Lipinski definition) is 0. The summed E-state index contributed by atoms with van der Waals surface area (Å²) in [6.07, 6.45) is 14.5. The maximum absolute atomic E-state index is 2.32. The Bertz CT molecular complexity index is 663. The summed E-state index contributed by atoms with van der Waals surface area (Å²) in [7, 11) is 0. The number of benzene rings is 2. The highest BCUT2D eigenvalue weighted by Crippen LogP contribution is 2.44. The highest BCUT2D eigenvalue weighted by atomic mass is 14.4. The van der Waals surface area contributed by atoms with E-state index in [-0.39, 0.29) is 5.41 Å². The lowest BCUT2D eigenvalue weighted by Gasteiger charge is -2.36. The summed E-state index contributed by atoms with van der Waals surface area (Å²) in [5.41, 5.74) is 4.05. The highest BCUT2D eigenvalue weighted by molar-refractivity contribution is 5.53. The zero-order valence-corrected chi connectivity index (χ0v) is 13.8. The largest absolute Gasteiger partial charge is 0.0807 e. The van der Waals surface area contributed by atoms with Gasteiger partial charge >= 0.3 is 0 Å². The summed E-state index contributed by atoms with van der Waals surface area (Å²) in [5, 5.41) is 0. The van der Waals surface area contributed by atoms with Gasteiger partial charge in [0.2, 0.25) is 0 Å². The van der Waals surface area contributed by atoms with Gasteiger partial charge in [0, 0.05) is 5.41 Å². The first-order valence-electron chi connectivity index (χ1n) is 8.53. The average molecular weight is 300 g/mol. The van der Waals surface area contributed by atoms with E-state index >= 15 is 0 Å². The molecule has 0 heteroatoms. The number of rotatable bonds is 5. The Hall–Kier alpha value is -2.34. The van der Waals surface area contributed by atoms with Crippen molar-refractivity contribution in [3.05, 3.63) is 108 Å². The third-order valence-corrected chi connectivity index (χ3v) is 4.63. The fourth-order valence-corrected chi connectivity index (χ4v) is 3.62. The molecule has 0 aromatic heterocycles. The van der Waals surface area contributed by atoms with Crippen LogP contribution in [0.5, 0.6) is 0 Å². The lowest BCUT2D eigenvalue weighted by atomic mass is 9.66. The van der Waals surface area contributed by atoms with Crippen LogP contribution < -0.4 is 0 Å². The minimum atomic E-state index is -0.0809. The van der Waals surface area contributed by atoms with Gasteiger partial charge in [0.05, 0.1) is 0 Å². The van der Waals surface area contributed by atoms with E-state index in [9.17, 15) is 0 Å². The molecule has 23 heavy (non-hydrogen) atoms. The monoisotopic (exact) mass is 300 g/mol. The van der Waals surface area contributed by atoms with E-state index in [0.717, 1.165) is 19.3 Å². The molecule has 0 heterocycles. The fourth-order valence-electron chi connectivity index (χ4n) is 3.62. The van der Waals surface area contributed by atoms with E-state index in [2.05, 4.69) is 98.0 Å². The Balaban J connectivity index is 2.26. The highest BCUT2D eigenvalue weighted by Gasteiger charge is 2.35. The molecule has 0 N–H and O–H groups in total. The van der Waals surface area contributed by atoms with Crippen LogP contribution >= 0.6 is 0 Å². The summed E-state index contributed by atoms with van der Waals surface area (Å²) < 4.78 is 0. The SMILES string of the molecule is CCCC(C1=CC=CCC=C1)(c1ccccc1)c1ccccc1. The van der Waals surface area contributed by atoms with Gasteiger partial charge in [0.15, 0.2) is 0 Å². The zero-order valence-electron chi connectivity index (χ0n) is 13.8. The molecule has 1 aliphatic carbocycles. The normalized spacial score (nSPS) is 14.4. The van der Waals surface area contributed by atoms with Crippen LogP contribution in [-0.4, -0.2) is 0 Å². The molecule has 0 radical (unpaired) electrons. The summed E-state index contributed by atoms with van der Waals surface area (Å²) in [5.74, 6) is 0. The lowest BCUT2D eigenvalue weighted by Crippen LogP contribution is -2.29. The van der Waals surface area contributed by atoms with Crippen molar-refractivity contribution in [1.82, 2.24) is 0 Å². The van der Waals surface area contributed by atoms with Crippen LogP contribution in [0.2, 0.25) is 0 Å². The van der Waals surface area contributed by atoms with Crippen molar-refractivity contribution < 1.29 is 0 Å². The quantitative estimate of drug-likeness (QED) is 0.615. The van der Waals surface area contributed by atoms with Crippen molar-refractivity contribution >= 4 is 0 Å². The predicted molar refractivity (Wildman–Crippen MR) is 99.6 cm³/mol. The molecule has 0 bridgehead atoms. The Labute approximate surface area is 139 Å². The van der Waals surface area contributed by atoms with E-state index in [1.165, 1.54) is 16.7 Å². The predicted octanol–water partition coefficient (Wildman–Crippen LogP) is 6.22. The van der Waals surface area contributed by atoms with Crippen LogP contribution in [-0.2, 0) is 5.41 Å². The molecule has 0 unspecified atom stereocenters. The maximum atomic E-state index is 2.32. The summed E-state index contributed by atoms with van der Waals surface area (Å²) in [6.45, 7) is 2.28. The molecule has 0 spiro atoms. The van der Waals surface area contributed by atoms with Crippen molar-refractivity contribution in [2.75, 3.05) is 0 Å². The van der Waals surface area contributed by atoms with Crippen molar-refractivity contribution in [2.45, 2.75) is 31.6 Å². The van der Waals surface area contributed by atoms with Crippen LogP contribution in [0.3, 0.4) is 0 Å². The second kappa shape index (κ2) is 7.28. The maximum Gasteiger partial charge on any atom is 0.0451 e. The molecule has 1 aliphatic rings. The standard InChI is InChI=1S/C23H24/c1-2-19-23(21-15-9-5-10-16-21,22-17-11-6-12-18-22)20-13-7-3-4-8-14-20/h3,5-18H,2,4,19H2,1H3. The molecule has 0 saturated heterocycles. The molecule has 0 fully saturated rings. The first-order valence-corrected chi connectivity index (χ1v) is 8.53. The van der Waals surface area contributed by atoms with Gasteiger partial charge in [0.25, 0.3) is 0 Å². The molecule has 0 atom stereocenters. The van der Waals surface area contributed by atoms with Crippen LogP contribution in [0.4, 0.5) is 0 Å². The molecule has 0 amide bonds. The number of hydrogen-bond donors (Lipinski definition) is 0. The van der Waals surface area contributed by atoms with Crippen molar-refractivity contribution in [3.8, 4) is 0 Å². The Morgan fingerprint density at radius 1 is 0.826 bits per heavy atom. The average Bonchev–Trinajstić information content (AvgIpc) is 2.91. The summed E-state index contributed by atoms with van der Waals surface area (Å²) in [6, 6.07) is 21.9. The molecule has 0 saturated carbocycles. The molecule has 2 aromatic carbocycles. The lowest BCUT2D eigenvalue weighted by molar-refractivity contribution is 0.549. The second-order valence-electron chi connectivity index (χ2n) is 6.08. The Morgan fingerprint density at radius 2 is 1.43 bits per heavy atom. The second-order valence-corrected chi connectivity index (χ2v) is 6.08. The van der Waals surface area contributed by atoms with Crippen molar-refractivity contribution in [2.24, 2.45) is 0 Å². The van der Waals surface area contributed by atoms with Gasteiger partial charge in [-0.2, -0.15) is 0 Å². The van der Waals surface area contributed by atoms with Gasteiger partial charge in [-0.3, -0.25) is 0 Å². The molecule has 0 aliphatic heterocycles. The molecule has 3 rings (SSSR count). The van der Waals surface area contributed by atoms with Gasteiger partial charge in [-0.15, -0.1) is 0 Å². The van der Waals surface area contributed by atoms with E-state index in [4.69, 9.17) is 0 Å². The third-order valence-electron chi connectivity index (χ3n) is 4.63. The van der Waals surface area contributed by atoms with Crippen LogP contribution in [0, 0.1) is 0 Å². The Kier molecular flexibility index (Phi) is 4.92. The molecule has 2 aromatic rings. The van der Waals surface area contributed by atoms with Gasteiger partial charge in [-0.05, 0) is 29.5 Å². The van der Waals surface area contributed by atoms with Crippen molar-refractivity contribution in [3.63, 3.8) is 0 Å². The minimum Gasteiger partial charge on any atom is -0.0807 e. The van der Waals surface area contributed by atoms with Gasteiger partial charge in [-0.25, -0.2) is 0 Å². The Morgan fingerprint density at radius 3 is 2.00 bits per heavy atom. The van der Waals surface area contributed by atoms with E-state index in [1.54, 1.807) is 0 Å². The van der Waals surface area contributed by atoms with Gasteiger partial charge < -0.3 is 0 Å². The van der Waals surface area contributed by atoms with Crippen LogP contribution in [0.1, 0.15) is 37.3 Å². The molecular formula is C23H24. The van der Waals surface area contributed by atoms with Crippen molar-refractivity contribution in [1.29, 1.82) is 0 Å². The summed E-state index contributed by atoms with van der Waals surface area (Å²) >= 11 is 0. The number of allylic oxidation sites excluding steroid dienone is 6. The first kappa shape index (κ1) is 15.6. The zero-order chi connectivity index (χ0) is 16.0. The molecule has 116 valence electrons. The first-order chi connectivity index (χ1) is 11.4. The van der Waals surface area contributed by atoms with Gasteiger partial charge in [0.1, 0.15) is 0 Å². The summed E-state index contributed by atoms with van der Waals surface area (Å²) in [4.78, 5) is 0. The topological polar surface area (TPSA) is 0 Å². The minimum absolute atomic E-state index is 0.0809. The van der Waals surface area contributed by atoms with E-state index < -0.39 is 0 Å². The molecular weight excluding hydrogens is 276 g/mol. The van der Waals surface area contributed by atoms with Crippen LogP contribution in [0.15, 0.2) is 96.6 Å². The third kappa shape index (κ3) is 3.07. The fraction of sp³-hybridized carbons (Fsp3) is 0.217. The van der Waals surface area contributed by atoms with Gasteiger partial charge in [-0.1, -0.05) is 104 Å². The van der Waals surface area contributed by atoms with Crippen LogP contribution in [0.25, 0.3) is 0 Å². The van der Waals surface area contributed by atoms with E-state index in [0.29, 0.717) is 0 Å². The molecule has 0 nitrogen and oxygen atoms in total. The smallest absolute Gasteiger partial charge is 0.0451 e. The van der Waals surface area contributed by atoms with E-state index in [1.807, 2.05) is 0 Å².